The monoisotopic (exact) mass is 479 g/mol. The van der Waals surface area contributed by atoms with Gasteiger partial charge in [-0.1, -0.05) is 24.1 Å². The van der Waals surface area contributed by atoms with Crippen LogP contribution in [-0.2, 0) is 11.3 Å². The molecular formula is C24H25ClF3N3O2. The Morgan fingerprint density at radius 2 is 1.79 bits per heavy atom. The molecular weight excluding hydrogens is 455 g/mol. The number of rotatable bonds is 7. The highest BCUT2D eigenvalue weighted by molar-refractivity contribution is 6.35. The zero-order chi connectivity index (χ0) is 23.4. The molecule has 1 fully saturated rings. The molecule has 4 rings (SSSR count). The number of hydrogen-bond acceptors (Lipinski definition) is 5. The molecule has 0 unspecified atom stereocenters. The second kappa shape index (κ2) is 10.2. The van der Waals surface area contributed by atoms with Gasteiger partial charge in [-0.2, -0.15) is 0 Å². The van der Waals surface area contributed by atoms with Gasteiger partial charge in [0.05, 0.1) is 23.9 Å². The summed E-state index contributed by atoms with van der Waals surface area (Å²) in [5.41, 5.74) is 3.09. The minimum atomic E-state index is -4.72. The molecule has 176 valence electrons. The predicted molar refractivity (Wildman–Crippen MR) is 123 cm³/mol. The molecule has 0 spiro atoms. The van der Waals surface area contributed by atoms with Crippen molar-refractivity contribution >= 4 is 34.0 Å². The number of nitrogens with one attached hydrogen (secondary N) is 1. The van der Waals surface area contributed by atoms with E-state index in [0.29, 0.717) is 35.4 Å². The Morgan fingerprint density at radius 1 is 1.06 bits per heavy atom. The van der Waals surface area contributed by atoms with Crippen molar-refractivity contribution in [3.05, 3.63) is 58.6 Å². The Morgan fingerprint density at radius 3 is 2.48 bits per heavy atom. The highest BCUT2D eigenvalue weighted by Crippen LogP contribution is 2.31. The number of alkyl halides is 3. The standard InChI is InChI=1S/C24H25ClF3N3O2/c1-16-13-20-17(14-32-15-31-11-3-2-4-12-31)5-10-21(25)22(20)30-23(16)29-18-6-8-19(9-7-18)33-24(26,27)28/h5-10,13H,2-4,11-12,14-15H2,1H3,(H,29,30). The molecule has 1 aromatic heterocycles. The maximum Gasteiger partial charge on any atom is 0.573 e. The van der Waals surface area contributed by atoms with E-state index in [1.54, 1.807) is 6.07 Å². The fourth-order valence-corrected chi connectivity index (χ4v) is 4.09. The number of nitrogens with zero attached hydrogens (tertiary/aromatic N) is 2. The summed E-state index contributed by atoms with van der Waals surface area (Å²) in [6.07, 6.45) is -1.02. The van der Waals surface area contributed by atoms with Crippen LogP contribution < -0.4 is 10.1 Å². The molecule has 0 bridgehead atoms. The third-order valence-electron chi connectivity index (χ3n) is 5.55. The molecule has 9 heteroatoms. The molecule has 1 N–H and O–H groups in total. The zero-order valence-corrected chi connectivity index (χ0v) is 19.0. The molecule has 0 atom stereocenters. The van der Waals surface area contributed by atoms with Gasteiger partial charge in [-0.3, -0.25) is 4.90 Å². The van der Waals surface area contributed by atoms with Gasteiger partial charge in [0.15, 0.2) is 0 Å². The van der Waals surface area contributed by atoms with E-state index in [1.807, 2.05) is 19.1 Å². The normalized spacial score (nSPS) is 15.1. The third kappa shape index (κ3) is 6.28. The fourth-order valence-electron chi connectivity index (χ4n) is 3.88. The average Bonchev–Trinajstić information content (AvgIpc) is 2.77. The van der Waals surface area contributed by atoms with Gasteiger partial charge in [-0.05, 0) is 67.3 Å². The van der Waals surface area contributed by atoms with Crippen LogP contribution in [0.15, 0.2) is 42.5 Å². The summed E-state index contributed by atoms with van der Waals surface area (Å²) >= 11 is 6.43. The highest BCUT2D eigenvalue weighted by Gasteiger charge is 2.31. The number of aryl methyl sites for hydroxylation is 1. The number of halogens is 4. The predicted octanol–water partition coefficient (Wildman–Crippen LogP) is 6.80. The summed E-state index contributed by atoms with van der Waals surface area (Å²) in [4.78, 5) is 7.01. The molecule has 2 heterocycles. The van der Waals surface area contributed by atoms with E-state index in [0.717, 1.165) is 29.6 Å². The molecule has 1 saturated heterocycles. The van der Waals surface area contributed by atoms with Gasteiger partial charge in [-0.15, -0.1) is 13.2 Å². The second-order valence-corrected chi connectivity index (χ2v) is 8.52. The maximum atomic E-state index is 12.4. The molecule has 0 saturated carbocycles. The van der Waals surface area contributed by atoms with E-state index in [1.165, 1.54) is 43.5 Å². The first kappa shape index (κ1) is 23.6. The van der Waals surface area contributed by atoms with Crippen LogP contribution in [0.5, 0.6) is 5.75 Å². The summed E-state index contributed by atoms with van der Waals surface area (Å²) in [7, 11) is 0. The van der Waals surface area contributed by atoms with E-state index in [9.17, 15) is 13.2 Å². The molecule has 5 nitrogen and oxygen atoms in total. The Balaban J connectivity index is 1.49. The molecule has 0 aliphatic carbocycles. The van der Waals surface area contributed by atoms with Crippen molar-refractivity contribution in [2.24, 2.45) is 0 Å². The Hall–Kier alpha value is -2.55. The van der Waals surface area contributed by atoms with Crippen molar-refractivity contribution in [2.75, 3.05) is 25.1 Å². The van der Waals surface area contributed by atoms with Crippen molar-refractivity contribution in [3.63, 3.8) is 0 Å². The maximum absolute atomic E-state index is 12.4. The van der Waals surface area contributed by atoms with Crippen molar-refractivity contribution in [1.82, 2.24) is 9.88 Å². The Kier molecular flexibility index (Phi) is 7.26. The van der Waals surface area contributed by atoms with E-state index in [2.05, 4.69) is 19.9 Å². The average molecular weight is 480 g/mol. The van der Waals surface area contributed by atoms with Gasteiger partial charge in [0.25, 0.3) is 0 Å². The molecule has 2 aromatic carbocycles. The second-order valence-electron chi connectivity index (χ2n) is 8.11. The molecule has 0 radical (unpaired) electrons. The lowest BCUT2D eigenvalue weighted by atomic mass is 10.1. The lowest BCUT2D eigenvalue weighted by molar-refractivity contribution is -0.274. The zero-order valence-electron chi connectivity index (χ0n) is 18.2. The van der Waals surface area contributed by atoms with Gasteiger partial charge >= 0.3 is 6.36 Å². The number of pyridine rings is 1. The largest absolute Gasteiger partial charge is 0.573 e. The quantitative estimate of drug-likeness (QED) is 0.404. The van der Waals surface area contributed by atoms with Crippen LogP contribution in [0.25, 0.3) is 10.9 Å². The van der Waals surface area contributed by atoms with Crippen LogP contribution >= 0.6 is 11.6 Å². The summed E-state index contributed by atoms with van der Waals surface area (Å²) in [5.74, 6) is 0.286. The summed E-state index contributed by atoms with van der Waals surface area (Å²) in [6, 6.07) is 11.2. The first-order valence-electron chi connectivity index (χ1n) is 10.8. The van der Waals surface area contributed by atoms with E-state index < -0.39 is 6.36 Å². The lowest BCUT2D eigenvalue weighted by Gasteiger charge is -2.26. The van der Waals surface area contributed by atoms with Crippen LogP contribution in [0.4, 0.5) is 24.7 Å². The first-order valence-corrected chi connectivity index (χ1v) is 11.2. The molecule has 1 aliphatic rings. The van der Waals surface area contributed by atoms with Crippen molar-refractivity contribution in [2.45, 2.75) is 39.2 Å². The van der Waals surface area contributed by atoms with Gasteiger partial charge in [0, 0.05) is 24.2 Å². The summed E-state index contributed by atoms with van der Waals surface area (Å²) in [6.45, 7) is 5.11. The number of hydrogen-bond donors (Lipinski definition) is 1. The Bertz CT molecular complexity index is 1100. The van der Waals surface area contributed by atoms with Crippen molar-refractivity contribution in [3.8, 4) is 5.75 Å². The van der Waals surface area contributed by atoms with Crippen LogP contribution in [0, 0.1) is 6.92 Å². The van der Waals surface area contributed by atoms with E-state index in [4.69, 9.17) is 16.3 Å². The minimum Gasteiger partial charge on any atom is -0.406 e. The van der Waals surface area contributed by atoms with Gasteiger partial charge < -0.3 is 14.8 Å². The van der Waals surface area contributed by atoms with E-state index in [-0.39, 0.29) is 5.75 Å². The topological polar surface area (TPSA) is 46.6 Å². The van der Waals surface area contributed by atoms with Crippen molar-refractivity contribution in [1.29, 1.82) is 0 Å². The number of piperidine rings is 1. The number of anilines is 2. The first-order chi connectivity index (χ1) is 15.8. The number of likely N-dealkylation sites (tertiary alicyclic amines) is 1. The molecule has 1 aliphatic heterocycles. The number of fused-ring (bicyclic) bond motifs is 1. The lowest BCUT2D eigenvalue weighted by Crippen LogP contribution is -2.31. The number of ether oxygens (including phenoxy) is 2. The van der Waals surface area contributed by atoms with Gasteiger partial charge in [0.1, 0.15) is 11.6 Å². The van der Waals surface area contributed by atoms with Crippen LogP contribution in [0.2, 0.25) is 5.02 Å². The van der Waals surface area contributed by atoms with Crippen molar-refractivity contribution < 1.29 is 22.6 Å². The minimum absolute atomic E-state index is 0.284. The molecule has 33 heavy (non-hydrogen) atoms. The van der Waals surface area contributed by atoms with Gasteiger partial charge in [-0.25, -0.2) is 4.98 Å². The van der Waals surface area contributed by atoms with E-state index >= 15 is 0 Å². The van der Waals surface area contributed by atoms with Crippen LogP contribution in [-0.4, -0.2) is 36.1 Å². The fraction of sp³-hybridized carbons (Fsp3) is 0.375. The van der Waals surface area contributed by atoms with Gasteiger partial charge in [0.2, 0.25) is 0 Å². The van der Waals surface area contributed by atoms with Crippen LogP contribution in [0.3, 0.4) is 0 Å². The third-order valence-corrected chi connectivity index (χ3v) is 5.85. The SMILES string of the molecule is Cc1cc2c(COCN3CCCCC3)ccc(Cl)c2nc1Nc1ccc(OC(F)(F)F)cc1. The molecule has 0 amide bonds. The number of aromatic nitrogens is 1. The highest BCUT2D eigenvalue weighted by atomic mass is 35.5. The summed E-state index contributed by atoms with van der Waals surface area (Å²) in [5, 5.41) is 4.57. The Labute approximate surface area is 195 Å². The number of benzene rings is 2. The smallest absolute Gasteiger partial charge is 0.406 e. The summed E-state index contributed by atoms with van der Waals surface area (Å²) < 4.78 is 47.0. The van der Waals surface area contributed by atoms with Crippen LogP contribution in [0.1, 0.15) is 30.4 Å². The molecule has 3 aromatic rings.